The van der Waals surface area contributed by atoms with Crippen molar-refractivity contribution in [2.75, 3.05) is 12.0 Å². The molecule has 0 saturated heterocycles. The number of aromatic nitrogens is 1. The zero-order valence-electron chi connectivity index (χ0n) is 20.4. The highest BCUT2D eigenvalue weighted by molar-refractivity contribution is 6.31. The lowest BCUT2D eigenvalue weighted by atomic mass is 9.89. The minimum absolute atomic E-state index is 0.00385. The smallest absolute Gasteiger partial charge is 0.207 e. The predicted molar refractivity (Wildman–Crippen MR) is 141 cm³/mol. The molecule has 0 aromatic carbocycles. The molecule has 3 rings (SSSR count). The largest absolute Gasteiger partial charge is 0.360 e. The van der Waals surface area contributed by atoms with E-state index in [1.807, 2.05) is 13.0 Å². The maximum atomic E-state index is 10.7. The number of carbonyl (C=O) groups excluding carboxylic acids is 1. The van der Waals surface area contributed by atoms with Gasteiger partial charge in [-0.15, -0.1) is 0 Å². The van der Waals surface area contributed by atoms with Crippen LogP contribution in [-0.4, -0.2) is 37.0 Å². The summed E-state index contributed by atoms with van der Waals surface area (Å²) in [5, 5.41) is 6.73. The van der Waals surface area contributed by atoms with Gasteiger partial charge in [-0.2, -0.15) is 0 Å². The van der Waals surface area contributed by atoms with Crippen molar-refractivity contribution in [1.29, 1.82) is 0 Å². The molecule has 1 aromatic heterocycles. The second-order valence-corrected chi connectivity index (χ2v) is 9.42. The van der Waals surface area contributed by atoms with E-state index in [0.29, 0.717) is 23.7 Å². The Kier molecular flexibility index (Phi) is 10.4. The van der Waals surface area contributed by atoms with Gasteiger partial charge in [0.1, 0.15) is 6.73 Å². The molecular weight excluding hydrogens is 448 g/mol. The van der Waals surface area contributed by atoms with Gasteiger partial charge in [0.15, 0.2) is 5.82 Å². The number of halogens is 1. The number of amides is 1. The highest BCUT2D eigenvalue weighted by atomic mass is 35.5. The lowest BCUT2D eigenvalue weighted by molar-refractivity contribution is -0.110. The van der Waals surface area contributed by atoms with Crippen molar-refractivity contribution in [1.82, 2.24) is 10.3 Å². The maximum Gasteiger partial charge on any atom is 0.207 e. The first kappa shape index (κ1) is 26.2. The molecular formula is C27H37ClN4O2. The summed E-state index contributed by atoms with van der Waals surface area (Å²) in [6, 6.07) is 2.10. The van der Waals surface area contributed by atoms with Crippen LogP contribution < -0.4 is 10.6 Å². The topological polar surface area (TPSA) is 75.6 Å². The van der Waals surface area contributed by atoms with Gasteiger partial charge < -0.3 is 15.4 Å². The number of nitrogens with zero attached hydrogens (tertiary/aromatic N) is 2. The molecule has 1 saturated carbocycles. The predicted octanol–water partition coefficient (Wildman–Crippen LogP) is 6.62. The number of pyridine rings is 1. The van der Waals surface area contributed by atoms with Crippen LogP contribution in [0.25, 0.3) is 0 Å². The number of aliphatic imine (C=N–C) groups is 1. The van der Waals surface area contributed by atoms with Gasteiger partial charge in [-0.25, -0.2) is 9.98 Å². The van der Waals surface area contributed by atoms with Crippen LogP contribution in [0.2, 0.25) is 5.02 Å². The van der Waals surface area contributed by atoms with Gasteiger partial charge in [-0.1, -0.05) is 62.1 Å². The first-order valence-corrected chi connectivity index (χ1v) is 12.7. The molecule has 2 aliphatic carbocycles. The van der Waals surface area contributed by atoms with E-state index in [0.717, 1.165) is 49.9 Å². The summed E-state index contributed by atoms with van der Waals surface area (Å²) in [6.45, 7) is 8.21. The summed E-state index contributed by atoms with van der Waals surface area (Å²) >= 11 is 6.62. The van der Waals surface area contributed by atoms with Gasteiger partial charge in [-0.05, 0) is 63.0 Å². The Bertz CT molecular complexity index is 935. The molecule has 1 fully saturated rings. The first-order valence-electron chi connectivity index (χ1n) is 12.3. The van der Waals surface area contributed by atoms with Gasteiger partial charge >= 0.3 is 0 Å². The molecule has 7 heteroatoms. The third-order valence-corrected chi connectivity index (χ3v) is 6.96. The molecule has 1 heterocycles. The van der Waals surface area contributed by atoms with E-state index in [-0.39, 0.29) is 12.0 Å². The molecule has 184 valence electrons. The minimum Gasteiger partial charge on any atom is -0.360 e. The summed E-state index contributed by atoms with van der Waals surface area (Å²) < 4.78 is 5.97. The summed E-state index contributed by atoms with van der Waals surface area (Å²) in [4.78, 5) is 19.5. The van der Waals surface area contributed by atoms with Crippen LogP contribution in [0.15, 0.2) is 46.5 Å². The lowest BCUT2D eigenvalue weighted by Gasteiger charge is -2.22. The highest BCUT2D eigenvalue weighted by Gasteiger charge is 2.17. The third kappa shape index (κ3) is 7.28. The number of ether oxygens (including phenoxy) is 1. The number of nitrogens with one attached hydrogen (secondary N) is 2. The van der Waals surface area contributed by atoms with Gasteiger partial charge in [0.05, 0.1) is 22.5 Å². The Morgan fingerprint density at radius 3 is 2.79 bits per heavy atom. The van der Waals surface area contributed by atoms with Crippen LogP contribution in [0.1, 0.15) is 76.8 Å². The number of allylic oxidation sites excluding steroid dienone is 5. The first-order chi connectivity index (χ1) is 16.5. The molecule has 0 aliphatic heterocycles. The van der Waals surface area contributed by atoms with E-state index >= 15 is 0 Å². The number of hydrogen-bond acceptors (Lipinski definition) is 5. The molecule has 0 bridgehead atoms. The SMILES string of the molecule is C=Nc1nc(C(C)/C=C\C(=C/C)C2=CCC(NC=O)CC2)c(Cl)cc1NCOC1CCCCC1. The Morgan fingerprint density at radius 2 is 2.15 bits per heavy atom. The average Bonchev–Trinajstić information content (AvgIpc) is 2.86. The molecule has 6 nitrogen and oxygen atoms in total. The lowest BCUT2D eigenvalue weighted by Crippen LogP contribution is -2.29. The normalized spacial score (nSPS) is 20.6. The maximum absolute atomic E-state index is 10.7. The van der Waals surface area contributed by atoms with Crippen molar-refractivity contribution in [2.24, 2.45) is 4.99 Å². The molecule has 1 aromatic rings. The highest BCUT2D eigenvalue weighted by Crippen LogP contribution is 2.33. The van der Waals surface area contributed by atoms with Crippen molar-refractivity contribution in [3.63, 3.8) is 0 Å². The van der Waals surface area contributed by atoms with Gasteiger partial charge in [0.2, 0.25) is 6.41 Å². The number of carbonyl (C=O) groups is 1. The summed E-state index contributed by atoms with van der Waals surface area (Å²) in [7, 11) is 0. The molecule has 0 radical (unpaired) electrons. The van der Waals surface area contributed by atoms with Crippen molar-refractivity contribution in [2.45, 2.75) is 83.3 Å². The van der Waals surface area contributed by atoms with Gasteiger partial charge in [-0.3, -0.25) is 4.79 Å². The fourth-order valence-electron chi connectivity index (χ4n) is 4.60. The van der Waals surface area contributed by atoms with Crippen molar-refractivity contribution in [3.05, 3.63) is 52.2 Å². The van der Waals surface area contributed by atoms with E-state index < -0.39 is 0 Å². The Labute approximate surface area is 208 Å². The zero-order chi connectivity index (χ0) is 24.3. The van der Waals surface area contributed by atoms with Crippen LogP contribution in [-0.2, 0) is 9.53 Å². The standard InChI is InChI=1S/C27H37ClN4O2/c1-4-20(21-12-14-22(15-13-21)30-17-33)11-10-19(2)26-24(28)16-25(27(29-3)32-26)31-18-34-23-8-6-5-7-9-23/h4,10-12,16-17,19,22-23,31H,3,5-9,13-15,18H2,1-2H3,(H,30,33)/b11-10-,20-4+. The van der Waals surface area contributed by atoms with E-state index in [1.165, 1.54) is 30.4 Å². The fourth-order valence-corrected chi connectivity index (χ4v) is 4.93. The second kappa shape index (κ2) is 13.4. The molecule has 1 amide bonds. The average molecular weight is 485 g/mol. The van der Waals surface area contributed by atoms with Gasteiger partial charge in [0.25, 0.3) is 0 Å². The third-order valence-electron chi connectivity index (χ3n) is 6.66. The number of anilines is 1. The van der Waals surface area contributed by atoms with E-state index in [1.54, 1.807) is 0 Å². The number of hydrogen-bond donors (Lipinski definition) is 2. The molecule has 2 N–H and O–H groups in total. The van der Waals surface area contributed by atoms with Crippen LogP contribution >= 0.6 is 11.6 Å². The van der Waals surface area contributed by atoms with E-state index in [9.17, 15) is 4.79 Å². The van der Waals surface area contributed by atoms with Crippen LogP contribution in [0.3, 0.4) is 0 Å². The second-order valence-electron chi connectivity index (χ2n) is 9.01. The molecule has 0 spiro atoms. The van der Waals surface area contributed by atoms with Crippen LogP contribution in [0, 0.1) is 0 Å². The molecule has 34 heavy (non-hydrogen) atoms. The summed E-state index contributed by atoms with van der Waals surface area (Å²) in [6.07, 6.45) is 18.5. The molecule has 2 aliphatic rings. The van der Waals surface area contributed by atoms with Crippen LogP contribution in [0.5, 0.6) is 0 Å². The van der Waals surface area contributed by atoms with Crippen molar-refractivity contribution in [3.8, 4) is 0 Å². The van der Waals surface area contributed by atoms with Gasteiger partial charge in [0, 0.05) is 12.0 Å². The van der Waals surface area contributed by atoms with Crippen LogP contribution in [0.4, 0.5) is 11.5 Å². The summed E-state index contributed by atoms with van der Waals surface area (Å²) in [5.74, 6) is 0.533. The molecule has 2 atom stereocenters. The summed E-state index contributed by atoms with van der Waals surface area (Å²) in [5.41, 5.74) is 3.99. The minimum atomic E-state index is 0.00385. The van der Waals surface area contributed by atoms with E-state index in [2.05, 4.69) is 53.6 Å². The Balaban J connectivity index is 1.64. The Morgan fingerprint density at radius 1 is 1.35 bits per heavy atom. The van der Waals surface area contributed by atoms with E-state index in [4.69, 9.17) is 21.3 Å². The monoisotopic (exact) mass is 484 g/mol. The quantitative estimate of drug-likeness (QED) is 0.160. The zero-order valence-corrected chi connectivity index (χ0v) is 21.1. The Hall–Kier alpha value is -2.44. The number of rotatable bonds is 11. The fraction of sp³-hybridized carbons (Fsp3) is 0.519. The molecule has 2 unspecified atom stereocenters. The van der Waals surface area contributed by atoms with Crippen molar-refractivity contribution < 1.29 is 9.53 Å². The van der Waals surface area contributed by atoms with Crippen molar-refractivity contribution >= 4 is 36.2 Å².